The molecule has 1 heterocycles. The van der Waals surface area contributed by atoms with E-state index in [0.29, 0.717) is 0 Å². The quantitative estimate of drug-likeness (QED) is 0.698. The number of unbranched alkanes of at least 4 members (excludes halogenated alkanes) is 2. The van der Waals surface area contributed by atoms with Crippen LogP contribution >= 0.6 is 0 Å². The number of hydrogen-bond donors (Lipinski definition) is 1. The molecule has 1 aliphatic heterocycles. The fourth-order valence-corrected chi connectivity index (χ4v) is 2.30. The summed E-state index contributed by atoms with van der Waals surface area (Å²) in [7, 11) is 0. The number of carbonyl (C=O) groups excluding carboxylic acids is 1. The molecule has 4 nitrogen and oxygen atoms in total. The Balaban J connectivity index is 2.28. The lowest BCUT2D eigenvalue weighted by atomic mass is 10.1. The Bertz CT molecular complexity index is 232. The maximum absolute atomic E-state index is 12.2. The molecule has 0 bridgehead atoms. The normalized spacial score (nSPS) is 16.5. The van der Waals surface area contributed by atoms with Gasteiger partial charge >= 0.3 is 0 Å². The number of amides is 1. The van der Waals surface area contributed by atoms with Crippen molar-refractivity contribution in [2.75, 3.05) is 32.8 Å². The number of carbonyl (C=O) groups is 1. The van der Waals surface area contributed by atoms with Crippen molar-refractivity contribution >= 4 is 5.91 Å². The summed E-state index contributed by atoms with van der Waals surface area (Å²) < 4.78 is 5.75. The summed E-state index contributed by atoms with van der Waals surface area (Å²) in [5.74, 6) is 0.167. The first kappa shape index (κ1) is 16.4. The van der Waals surface area contributed by atoms with E-state index in [4.69, 9.17) is 4.74 Å². The molecule has 1 rings (SSSR count). The zero-order valence-corrected chi connectivity index (χ0v) is 12.6. The Kier molecular flexibility index (Phi) is 8.84. The van der Waals surface area contributed by atoms with Crippen LogP contribution in [0.1, 0.15) is 52.4 Å². The van der Waals surface area contributed by atoms with E-state index < -0.39 is 0 Å². The van der Waals surface area contributed by atoms with Crippen LogP contribution in [0.5, 0.6) is 0 Å². The van der Waals surface area contributed by atoms with Gasteiger partial charge in [0.25, 0.3) is 0 Å². The van der Waals surface area contributed by atoms with Gasteiger partial charge in [-0.25, -0.2) is 0 Å². The third kappa shape index (κ3) is 6.92. The molecule has 0 aromatic heterocycles. The zero-order chi connectivity index (χ0) is 13.9. The van der Waals surface area contributed by atoms with Gasteiger partial charge in [0.15, 0.2) is 0 Å². The molecule has 1 aliphatic rings. The van der Waals surface area contributed by atoms with Crippen molar-refractivity contribution in [1.82, 2.24) is 10.2 Å². The fourth-order valence-electron chi connectivity index (χ4n) is 2.30. The van der Waals surface area contributed by atoms with Crippen LogP contribution in [0, 0.1) is 0 Å². The average Bonchev–Trinajstić information content (AvgIpc) is 2.46. The predicted molar refractivity (Wildman–Crippen MR) is 78.2 cm³/mol. The van der Waals surface area contributed by atoms with E-state index >= 15 is 0 Å². The van der Waals surface area contributed by atoms with Crippen molar-refractivity contribution in [3.63, 3.8) is 0 Å². The smallest absolute Gasteiger partial charge is 0.248 e. The van der Waals surface area contributed by atoms with Crippen LogP contribution in [-0.2, 0) is 9.53 Å². The summed E-state index contributed by atoms with van der Waals surface area (Å²) in [5, 5.41) is 3.31. The van der Waals surface area contributed by atoms with Crippen LogP contribution in [0.15, 0.2) is 0 Å². The summed E-state index contributed by atoms with van der Waals surface area (Å²) in [5.41, 5.74) is 0. The van der Waals surface area contributed by atoms with Crippen LogP contribution in [0.3, 0.4) is 0 Å². The molecule has 0 radical (unpaired) electrons. The molecule has 0 saturated carbocycles. The maximum Gasteiger partial charge on any atom is 0.248 e. The number of ether oxygens (including phenoxy) is 1. The number of nitrogens with one attached hydrogen (secondary N) is 1. The van der Waals surface area contributed by atoms with Gasteiger partial charge in [0.1, 0.15) is 6.61 Å². The molecule has 1 saturated heterocycles. The molecule has 4 heteroatoms. The molecule has 0 unspecified atom stereocenters. The highest BCUT2D eigenvalue weighted by atomic mass is 16.5. The Morgan fingerprint density at radius 1 is 1.16 bits per heavy atom. The molecule has 1 fully saturated rings. The molecular formula is C15H30N2O2. The van der Waals surface area contributed by atoms with E-state index in [9.17, 15) is 4.79 Å². The van der Waals surface area contributed by atoms with Crippen molar-refractivity contribution in [2.24, 2.45) is 0 Å². The molecule has 0 aliphatic carbocycles. The van der Waals surface area contributed by atoms with Crippen LogP contribution < -0.4 is 5.32 Å². The highest BCUT2D eigenvalue weighted by Gasteiger charge is 2.17. The second-order valence-electron chi connectivity index (χ2n) is 5.35. The van der Waals surface area contributed by atoms with Gasteiger partial charge in [0.05, 0.1) is 6.10 Å². The second-order valence-corrected chi connectivity index (χ2v) is 5.35. The van der Waals surface area contributed by atoms with Gasteiger partial charge in [0.2, 0.25) is 5.91 Å². The minimum Gasteiger partial charge on any atom is -0.368 e. The first-order chi connectivity index (χ1) is 9.27. The van der Waals surface area contributed by atoms with Crippen molar-refractivity contribution in [1.29, 1.82) is 0 Å². The minimum absolute atomic E-state index is 0.167. The summed E-state index contributed by atoms with van der Waals surface area (Å²) >= 11 is 0. The predicted octanol–water partition coefficient (Wildman–Crippen LogP) is 2.18. The fraction of sp³-hybridized carbons (Fsp3) is 0.933. The number of piperidine rings is 1. The van der Waals surface area contributed by atoms with E-state index in [1.54, 1.807) is 0 Å². The Morgan fingerprint density at radius 2 is 1.74 bits per heavy atom. The Labute approximate surface area is 117 Å². The Hall–Kier alpha value is -0.610. The molecule has 1 N–H and O–H groups in total. The van der Waals surface area contributed by atoms with Gasteiger partial charge in [-0.05, 0) is 38.8 Å². The van der Waals surface area contributed by atoms with E-state index in [1.807, 2.05) is 4.90 Å². The van der Waals surface area contributed by atoms with E-state index in [-0.39, 0.29) is 18.6 Å². The monoisotopic (exact) mass is 270 g/mol. The largest absolute Gasteiger partial charge is 0.368 e. The van der Waals surface area contributed by atoms with Crippen molar-refractivity contribution in [3.8, 4) is 0 Å². The van der Waals surface area contributed by atoms with Gasteiger partial charge < -0.3 is 15.0 Å². The van der Waals surface area contributed by atoms with Gasteiger partial charge in [-0.3, -0.25) is 4.79 Å². The summed E-state index contributed by atoms with van der Waals surface area (Å²) in [6, 6.07) is 0. The van der Waals surface area contributed by atoms with Gasteiger partial charge in [-0.15, -0.1) is 0 Å². The third-order valence-electron chi connectivity index (χ3n) is 3.64. The molecule has 0 spiro atoms. The lowest BCUT2D eigenvalue weighted by molar-refractivity contribution is -0.138. The highest BCUT2D eigenvalue weighted by Crippen LogP contribution is 2.08. The van der Waals surface area contributed by atoms with E-state index in [0.717, 1.165) is 64.7 Å². The third-order valence-corrected chi connectivity index (χ3v) is 3.64. The van der Waals surface area contributed by atoms with Crippen molar-refractivity contribution in [3.05, 3.63) is 0 Å². The van der Waals surface area contributed by atoms with Gasteiger partial charge in [-0.2, -0.15) is 0 Å². The summed E-state index contributed by atoms with van der Waals surface area (Å²) in [6.45, 7) is 8.36. The van der Waals surface area contributed by atoms with Crippen molar-refractivity contribution in [2.45, 2.75) is 58.5 Å². The lowest BCUT2D eigenvalue weighted by Crippen LogP contribution is -2.38. The highest BCUT2D eigenvalue weighted by molar-refractivity contribution is 5.77. The van der Waals surface area contributed by atoms with Crippen LogP contribution in [-0.4, -0.2) is 49.7 Å². The minimum atomic E-state index is 0.167. The first-order valence-corrected chi connectivity index (χ1v) is 7.88. The topological polar surface area (TPSA) is 41.6 Å². The standard InChI is InChI=1S/C15H30N2O2/c1-3-5-11-17(12-6-4-2)15(18)13-19-14-7-9-16-10-8-14/h14,16H,3-13H2,1-2H3. The van der Waals surface area contributed by atoms with E-state index in [1.165, 1.54) is 0 Å². The molecule has 0 aromatic rings. The van der Waals surface area contributed by atoms with Crippen LogP contribution in [0.4, 0.5) is 0 Å². The molecule has 19 heavy (non-hydrogen) atoms. The maximum atomic E-state index is 12.2. The second kappa shape index (κ2) is 10.2. The molecule has 0 atom stereocenters. The van der Waals surface area contributed by atoms with E-state index in [2.05, 4.69) is 19.2 Å². The number of nitrogens with zero attached hydrogens (tertiary/aromatic N) is 1. The molecule has 0 aromatic carbocycles. The first-order valence-electron chi connectivity index (χ1n) is 7.88. The molecular weight excluding hydrogens is 240 g/mol. The van der Waals surface area contributed by atoms with Crippen molar-refractivity contribution < 1.29 is 9.53 Å². The SMILES string of the molecule is CCCCN(CCCC)C(=O)COC1CCNCC1. The van der Waals surface area contributed by atoms with Gasteiger partial charge in [0, 0.05) is 13.1 Å². The van der Waals surface area contributed by atoms with Crippen LogP contribution in [0.25, 0.3) is 0 Å². The van der Waals surface area contributed by atoms with Crippen LogP contribution in [0.2, 0.25) is 0 Å². The lowest BCUT2D eigenvalue weighted by Gasteiger charge is -2.26. The zero-order valence-electron chi connectivity index (χ0n) is 12.6. The number of rotatable bonds is 9. The number of hydrogen-bond acceptors (Lipinski definition) is 3. The Morgan fingerprint density at radius 3 is 2.26 bits per heavy atom. The molecule has 112 valence electrons. The molecule has 1 amide bonds. The summed E-state index contributed by atoms with van der Waals surface area (Å²) in [6.07, 6.45) is 6.75. The summed E-state index contributed by atoms with van der Waals surface area (Å²) in [4.78, 5) is 14.2. The average molecular weight is 270 g/mol. The van der Waals surface area contributed by atoms with Gasteiger partial charge in [-0.1, -0.05) is 26.7 Å².